The molecule has 2 aromatic rings. The number of aromatic amines is 1. The summed E-state index contributed by atoms with van der Waals surface area (Å²) in [6, 6.07) is 5.41. The van der Waals surface area contributed by atoms with E-state index in [1.54, 1.807) is 16.7 Å². The minimum Gasteiger partial charge on any atom is -0.506 e. The van der Waals surface area contributed by atoms with E-state index >= 15 is 0 Å². The number of rotatable bonds is 1. The van der Waals surface area contributed by atoms with Crippen LogP contribution in [0.2, 0.25) is 0 Å². The quantitative estimate of drug-likeness (QED) is 0.769. The largest absolute Gasteiger partial charge is 0.506 e. The number of H-pyrrole nitrogens is 1. The van der Waals surface area contributed by atoms with Gasteiger partial charge in [-0.3, -0.25) is 4.57 Å². The van der Waals surface area contributed by atoms with Gasteiger partial charge in [-0.25, -0.2) is 4.79 Å². The third-order valence-electron chi connectivity index (χ3n) is 3.46. The van der Waals surface area contributed by atoms with Crippen LogP contribution in [0.15, 0.2) is 23.0 Å². The Hall–Kier alpha value is -1.75. The number of hydrogen-bond donors (Lipinski definition) is 2. The van der Waals surface area contributed by atoms with E-state index in [1.807, 2.05) is 6.07 Å². The molecule has 17 heavy (non-hydrogen) atoms. The molecular formula is C12H15N3O2. The minimum atomic E-state index is -0.137. The summed E-state index contributed by atoms with van der Waals surface area (Å²) in [5, 5.41) is 9.71. The second-order valence-corrected chi connectivity index (χ2v) is 4.68. The van der Waals surface area contributed by atoms with Crippen molar-refractivity contribution in [3.63, 3.8) is 0 Å². The van der Waals surface area contributed by atoms with Crippen LogP contribution < -0.4 is 5.69 Å². The Labute approximate surface area is 98.3 Å². The first-order valence-electron chi connectivity index (χ1n) is 5.77. The Kier molecular flexibility index (Phi) is 2.22. The van der Waals surface area contributed by atoms with Crippen LogP contribution in [-0.2, 0) is 0 Å². The molecule has 1 unspecified atom stereocenters. The van der Waals surface area contributed by atoms with Crippen molar-refractivity contribution in [3.8, 4) is 5.75 Å². The summed E-state index contributed by atoms with van der Waals surface area (Å²) >= 11 is 0. The number of fused-ring (bicyclic) bond motifs is 1. The van der Waals surface area contributed by atoms with Gasteiger partial charge in [-0.15, -0.1) is 0 Å². The van der Waals surface area contributed by atoms with Crippen LogP contribution in [-0.4, -0.2) is 39.7 Å². The number of nitrogens with zero attached hydrogens (tertiary/aromatic N) is 2. The van der Waals surface area contributed by atoms with Crippen molar-refractivity contribution < 1.29 is 5.11 Å². The number of nitrogens with one attached hydrogen (secondary N) is 1. The lowest BCUT2D eigenvalue weighted by atomic mass is 10.2. The molecule has 1 atom stereocenters. The zero-order valence-electron chi connectivity index (χ0n) is 9.68. The maximum Gasteiger partial charge on any atom is 0.326 e. The van der Waals surface area contributed by atoms with Gasteiger partial charge in [0.1, 0.15) is 11.3 Å². The molecular weight excluding hydrogens is 218 g/mol. The Bertz CT molecular complexity index is 614. The number of aromatic nitrogens is 2. The molecule has 0 spiro atoms. The van der Waals surface area contributed by atoms with Crippen LogP contribution >= 0.6 is 0 Å². The van der Waals surface area contributed by atoms with Crippen molar-refractivity contribution in [3.05, 3.63) is 28.7 Å². The van der Waals surface area contributed by atoms with Crippen molar-refractivity contribution in [1.82, 2.24) is 14.5 Å². The zero-order chi connectivity index (χ0) is 12.0. The summed E-state index contributed by atoms with van der Waals surface area (Å²) in [7, 11) is 2.05. The van der Waals surface area contributed by atoms with E-state index in [9.17, 15) is 9.90 Å². The molecule has 0 aliphatic carbocycles. The van der Waals surface area contributed by atoms with Gasteiger partial charge in [0.05, 0.1) is 11.6 Å². The summed E-state index contributed by atoms with van der Waals surface area (Å²) in [5.74, 6) is 0.129. The lowest BCUT2D eigenvalue weighted by molar-refractivity contribution is 0.392. The third-order valence-corrected chi connectivity index (χ3v) is 3.46. The molecule has 0 amide bonds. The number of benzene rings is 1. The first-order valence-corrected chi connectivity index (χ1v) is 5.77. The molecule has 0 bridgehead atoms. The molecule has 2 N–H and O–H groups in total. The van der Waals surface area contributed by atoms with Gasteiger partial charge in [0, 0.05) is 6.54 Å². The topological polar surface area (TPSA) is 61.3 Å². The maximum absolute atomic E-state index is 12.0. The van der Waals surface area contributed by atoms with E-state index in [-0.39, 0.29) is 17.5 Å². The van der Waals surface area contributed by atoms with Gasteiger partial charge in [-0.1, -0.05) is 6.07 Å². The maximum atomic E-state index is 12.0. The highest BCUT2D eigenvalue weighted by Crippen LogP contribution is 2.26. The van der Waals surface area contributed by atoms with Crippen molar-refractivity contribution in [1.29, 1.82) is 0 Å². The average Bonchev–Trinajstić information content (AvgIpc) is 2.82. The van der Waals surface area contributed by atoms with Gasteiger partial charge in [-0.2, -0.15) is 0 Å². The second kappa shape index (κ2) is 3.63. The van der Waals surface area contributed by atoms with Crippen molar-refractivity contribution >= 4 is 11.0 Å². The number of phenolic OH excluding ortho intramolecular Hbond substituents is 1. The van der Waals surface area contributed by atoms with Crippen LogP contribution in [0.4, 0.5) is 0 Å². The van der Waals surface area contributed by atoms with E-state index in [4.69, 9.17) is 0 Å². The molecule has 1 fully saturated rings. The Morgan fingerprint density at radius 2 is 2.29 bits per heavy atom. The first kappa shape index (κ1) is 10.4. The molecule has 5 nitrogen and oxygen atoms in total. The van der Waals surface area contributed by atoms with E-state index in [2.05, 4.69) is 16.9 Å². The fraction of sp³-hybridized carbons (Fsp3) is 0.417. The number of phenols is 1. The van der Waals surface area contributed by atoms with Gasteiger partial charge in [0.15, 0.2) is 0 Å². The highest BCUT2D eigenvalue weighted by Gasteiger charge is 2.24. The minimum absolute atomic E-state index is 0.129. The number of imidazole rings is 1. The molecule has 1 aromatic carbocycles. The van der Waals surface area contributed by atoms with E-state index < -0.39 is 0 Å². The van der Waals surface area contributed by atoms with Gasteiger partial charge in [0.25, 0.3) is 0 Å². The molecule has 2 heterocycles. The molecule has 3 rings (SSSR count). The second-order valence-electron chi connectivity index (χ2n) is 4.68. The SMILES string of the molecule is CN1CCC(n2c(=O)[nH]c3c(O)cccc32)C1. The van der Waals surface area contributed by atoms with Gasteiger partial charge < -0.3 is 15.0 Å². The molecule has 1 aliphatic rings. The number of hydrogen-bond acceptors (Lipinski definition) is 3. The Morgan fingerprint density at radius 1 is 1.47 bits per heavy atom. The van der Waals surface area contributed by atoms with Crippen molar-refractivity contribution in [2.75, 3.05) is 20.1 Å². The molecule has 0 radical (unpaired) electrons. The van der Waals surface area contributed by atoms with Gasteiger partial charge in [0.2, 0.25) is 0 Å². The first-order chi connectivity index (χ1) is 8.16. The zero-order valence-corrected chi connectivity index (χ0v) is 9.68. The summed E-state index contributed by atoms with van der Waals surface area (Å²) in [6.45, 7) is 1.88. The monoisotopic (exact) mass is 233 g/mol. The number of para-hydroxylation sites is 1. The molecule has 5 heteroatoms. The summed E-state index contributed by atoms with van der Waals surface area (Å²) in [6.07, 6.45) is 0.971. The molecule has 1 saturated heterocycles. The predicted molar refractivity (Wildman–Crippen MR) is 65.4 cm³/mol. The standard InChI is InChI=1S/C12H15N3O2/c1-14-6-5-8(7-14)15-9-3-2-4-10(16)11(9)13-12(15)17/h2-4,8,16H,5-7H2,1H3,(H,13,17). The lowest BCUT2D eigenvalue weighted by Crippen LogP contribution is -2.24. The highest BCUT2D eigenvalue weighted by molar-refractivity contribution is 5.81. The van der Waals surface area contributed by atoms with Crippen LogP contribution in [0, 0.1) is 0 Å². The molecule has 90 valence electrons. The van der Waals surface area contributed by atoms with Crippen LogP contribution in [0.5, 0.6) is 5.75 Å². The summed E-state index contributed by atoms with van der Waals surface area (Å²) in [4.78, 5) is 16.9. The van der Waals surface area contributed by atoms with E-state index in [1.165, 1.54) is 0 Å². The van der Waals surface area contributed by atoms with Crippen LogP contribution in [0.3, 0.4) is 0 Å². The van der Waals surface area contributed by atoms with E-state index in [0.717, 1.165) is 25.0 Å². The fourth-order valence-electron chi connectivity index (χ4n) is 2.62. The van der Waals surface area contributed by atoms with Crippen molar-refractivity contribution in [2.45, 2.75) is 12.5 Å². The Balaban J connectivity index is 2.19. The van der Waals surface area contributed by atoms with Crippen LogP contribution in [0.1, 0.15) is 12.5 Å². The highest BCUT2D eigenvalue weighted by atomic mass is 16.3. The lowest BCUT2D eigenvalue weighted by Gasteiger charge is -2.12. The smallest absolute Gasteiger partial charge is 0.326 e. The summed E-state index contributed by atoms with van der Waals surface area (Å²) in [5.41, 5.74) is 1.18. The summed E-state index contributed by atoms with van der Waals surface area (Å²) < 4.78 is 1.76. The van der Waals surface area contributed by atoms with Crippen molar-refractivity contribution in [2.24, 2.45) is 0 Å². The number of aromatic hydroxyl groups is 1. The molecule has 1 aromatic heterocycles. The predicted octanol–water partition coefficient (Wildman–Crippen LogP) is 0.912. The average molecular weight is 233 g/mol. The molecule has 0 saturated carbocycles. The van der Waals surface area contributed by atoms with Gasteiger partial charge in [-0.05, 0) is 32.1 Å². The van der Waals surface area contributed by atoms with Gasteiger partial charge >= 0.3 is 5.69 Å². The fourth-order valence-corrected chi connectivity index (χ4v) is 2.62. The normalized spacial score (nSPS) is 21.4. The van der Waals surface area contributed by atoms with E-state index in [0.29, 0.717) is 5.52 Å². The third kappa shape index (κ3) is 1.54. The number of likely N-dealkylation sites (N-methyl/N-ethyl adjacent to an activating group) is 1. The molecule has 1 aliphatic heterocycles. The van der Waals surface area contributed by atoms with Crippen LogP contribution in [0.25, 0.3) is 11.0 Å². The number of likely N-dealkylation sites (tertiary alicyclic amines) is 1. The Morgan fingerprint density at radius 3 is 3.00 bits per heavy atom.